The minimum absolute atomic E-state index is 0.114. The van der Waals surface area contributed by atoms with Gasteiger partial charge in [-0.2, -0.15) is 12.6 Å². The normalized spacial score (nSPS) is 32.9. The quantitative estimate of drug-likeness (QED) is 0.250. The second-order valence-electron chi connectivity index (χ2n) is 8.05. The van der Waals surface area contributed by atoms with Crippen LogP contribution in [-0.2, 0) is 23.9 Å². The Morgan fingerprint density at radius 1 is 1.18 bits per heavy atom. The molecular weight excluding hydrogens is 474 g/mol. The molecule has 3 rings (SSSR count). The summed E-state index contributed by atoms with van der Waals surface area (Å²) < 4.78 is 10.2. The lowest BCUT2D eigenvalue weighted by Gasteiger charge is -2.38. The highest BCUT2D eigenvalue weighted by Crippen LogP contribution is 2.35. The van der Waals surface area contributed by atoms with Crippen LogP contribution in [0, 0.1) is 5.92 Å². The predicted molar refractivity (Wildman–Crippen MR) is 120 cm³/mol. The number of amides is 1. The van der Waals surface area contributed by atoms with Crippen molar-refractivity contribution in [3.63, 3.8) is 0 Å². The van der Waals surface area contributed by atoms with E-state index in [-0.39, 0.29) is 29.9 Å². The number of benzene rings is 1. The molecule has 2 aliphatic heterocycles. The molecule has 12 heteroatoms. The molecular formula is C21H27NO9S2. The van der Waals surface area contributed by atoms with Gasteiger partial charge in [0.05, 0.1) is 0 Å². The van der Waals surface area contributed by atoms with Gasteiger partial charge in [-0.25, -0.2) is 9.59 Å². The van der Waals surface area contributed by atoms with Gasteiger partial charge < -0.3 is 34.8 Å². The lowest BCUT2D eigenvalue weighted by Crippen LogP contribution is -2.61. The number of ether oxygens (including phenoxy) is 2. The number of aliphatic hydroxyl groups is 3. The van der Waals surface area contributed by atoms with Gasteiger partial charge in [-0.05, 0) is 18.6 Å². The highest BCUT2D eigenvalue weighted by Gasteiger charge is 2.50. The predicted octanol–water partition coefficient (Wildman–Crippen LogP) is -0.251. The monoisotopic (exact) mass is 501 g/mol. The maximum atomic E-state index is 13.0. The number of rotatable bonds is 7. The number of thiol groups is 1. The van der Waals surface area contributed by atoms with E-state index in [9.17, 15) is 34.8 Å². The van der Waals surface area contributed by atoms with Gasteiger partial charge in [0, 0.05) is 28.4 Å². The van der Waals surface area contributed by atoms with Crippen LogP contribution in [-0.4, -0.2) is 97.5 Å². The summed E-state index contributed by atoms with van der Waals surface area (Å²) >= 11 is 5.68. The first kappa shape index (κ1) is 25.8. The summed E-state index contributed by atoms with van der Waals surface area (Å²) in [6, 6.07) is 8.50. The van der Waals surface area contributed by atoms with Crippen molar-refractivity contribution in [3.8, 4) is 0 Å². The Balaban J connectivity index is 1.76. The Labute approximate surface area is 200 Å². The molecule has 0 saturated carbocycles. The second kappa shape index (κ2) is 11.1. The maximum Gasteiger partial charge on any atom is 0.335 e. The van der Waals surface area contributed by atoms with Crippen molar-refractivity contribution in [2.75, 3.05) is 12.3 Å². The molecule has 8 atom stereocenters. The number of esters is 1. The molecule has 2 saturated heterocycles. The van der Waals surface area contributed by atoms with Crippen molar-refractivity contribution in [2.45, 2.75) is 60.2 Å². The number of hydrogen-bond acceptors (Lipinski definition) is 10. The van der Waals surface area contributed by atoms with Crippen LogP contribution in [0.2, 0.25) is 0 Å². The van der Waals surface area contributed by atoms with Crippen LogP contribution < -0.4 is 0 Å². The molecule has 0 radical (unpaired) electrons. The molecule has 0 spiro atoms. The summed E-state index contributed by atoms with van der Waals surface area (Å²) in [6.07, 6.45) is -9.12. The van der Waals surface area contributed by atoms with Gasteiger partial charge in [0.2, 0.25) is 12.2 Å². The topological polar surface area (TPSA) is 154 Å². The fraction of sp³-hybridized carbons (Fsp3) is 0.571. The van der Waals surface area contributed by atoms with E-state index in [2.05, 4.69) is 12.6 Å². The first-order valence-electron chi connectivity index (χ1n) is 10.4. The van der Waals surface area contributed by atoms with Gasteiger partial charge in [-0.15, -0.1) is 11.8 Å². The van der Waals surface area contributed by atoms with Crippen LogP contribution in [0.15, 0.2) is 35.2 Å². The molecule has 1 amide bonds. The molecule has 33 heavy (non-hydrogen) atoms. The summed E-state index contributed by atoms with van der Waals surface area (Å²) in [5.74, 6) is -2.94. The fourth-order valence-electron chi connectivity index (χ4n) is 3.74. The number of likely N-dealkylation sites (tertiary alicyclic amines) is 1. The highest BCUT2D eigenvalue weighted by molar-refractivity contribution is 8.00. The fourth-order valence-corrected chi connectivity index (χ4v) is 5.11. The third-order valence-electron chi connectivity index (χ3n) is 5.60. The van der Waals surface area contributed by atoms with Crippen LogP contribution in [0.3, 0.4) is 0 Å². The zero-order chi connectivity index (χ0) is 24.3. The Morgan fingerprint density at radius 3 is 2.45 bits per heavy atom. The Morgan fingerprint density at radius 2 is 1.85 bits per heavy atom. The third kappa shape index (κ3) is 5.81. The molecule has 1 aromatic carbocycles. The summed E-state index contributed by atoms with van der Waals surface area (Å²) in [6.45, 7) is 1.97. The lowest BCUT2D eigenvalue weighted by atomic mass is 9.99. The molecule has 0 aliphatic carbocycles. The molecule has 10 nitrogen and oxygen atoms in total. The first-order valence-corrected chi connectivity index (χ1v) is 11.9. The van der Waals surface area contributed by atoms with Gasteiger partial charge in [-0.1, -0.05) is 25.1 Å². The standard InChI is InChI=1S/C21H27NO9S2/c1-10(9-32)18(26)22-8-12(33-11-5-3-2-4-6-11)7-13(22)20(29)31-21-16(25)14(23)15(24)17(30-21)19(27)28/h2-6,10,12-17,21,23-25,32H,7-9H2,1H3,(H,27,28)/t10-,12+,13+,14-,15-,16-,17?,21-/m1/s1. The molecule has 0 aromatic heterocycles. The first-order chi connectivity index (χ1) is 15.6. The van der Waals surface area contributed by atoms with Gasteiger partial charge in [-0.3, -0.25) is 4.79 Å². The minimum Gasteiger partial charge on any atom is -0.479 e. The number of hydrogen-bond donors (Lipinski definition) is 5. The van der Waals surface area contributed by atoms with Crippen molar-refractivity contribution in [2.24, 2.45) is 5.92 Å². The van der Waals surface area contributed by atoms with Crippen LogP contribution in [0.1, 0.15) is 13.3 Å². The van der Waals surface area contributed by atoms with E-state index in [1.807, 2.05) is 30.3 Å². The van der Waals surface area contributed by atoms with E-state index in [1.165, 1.54) is 16.7 Å². The van der Waals surface area contributed by atoms with Gasteiger partial charge >= 0.3 is 11.9 Å². The molecule has 182 valence electrons. The maximum absolute atomic E-state index is 13.0. The number of aliphatic carboxylic acids is 1. The van der Waals surface area contributed by atoms with Crippen molar-refractivity contribution in [3.05, 3.63) is 30.3 Å². The number of carboxylic acid groups (broad SMARTS) is 1. The summed E-state index contributed by atoms with van der Waals surface area (Å²) in [7, 11) is 0. The highest BCUT2D eigenvalue weighted by atomic mass is 32.2. The van der Waals surface area contributed by atoms with E-state index in [1.54, 1.807) is 6.92 Å². The zero-order valence-corrected chi connectivity index (χ0v) is 19.5. The summed E-state index contributed by atoms with van der Waals surface area (Å²) in [4.78, 5) is 39.6. The van der Waals surface area contributed by atoms with Crippen molar-refractivity contribution >= 4 is 42.2 Å². The number of carbonyl (C=O) groups is 3. The average Bonchev–Trinajstić information content (AvgIpc) is 3.22. The van der Waals surface area contributed by atoms with Crippen LogP contribution in [0.25, 0.3) is 0 Å². The minimum atomic E-state index is -1.90. The largest absolute Gasteiger partial charge is 0.479 e. The number of thioether (sulfide) groups is 1. The summed E-state index contributed by atoms with van der Waals surface area (Å²) in [5.41, 5.74) is 0. The Bertz CT molecular complexity index is 857. The van der Waals surface area contributed by atoms with Crippen molar-refractivity contribution < 1.29 is 44.3 Å². The zero-order valence-electron chi connectivity index (χ0n) is 17.8. The lowest BCUT2D eigenvalue weighted by molar-refractivity contribution is -0.287. The number of carbonyl (C=O) groups excluding carboxylic acids is 2. The van der Waals surface area contributed by atoms with Gasteiger partial charge in [0.1, 0.15) is 24.4 Å². The van der Waals surface area contributed by atoms with Gasteiger partial charge in [0.25, 0.3) is 0 Å². The molecule has 1 unspecified atom stereocenters. The van der Waals surface area contributed by atoms with Crippen molar-refractivity contribution in [1.82, 2.24) is 4.90 Å². The molecule has 0 bridgehead atoms. The number of carboxylic acids is 1. The van der Waals surface area contributed by atoms with E-state index >= 15 is 0 Å². The van der Waals surface area contributed by atoms with E-state index in [4.69, 9.17) is 9.47 Å². The van der Waals surface area contributed by atoms with Gasteiger partial charge in [0.15, 0.2) is 6.10 Å². The van der Waals surface area contributed by atoms with Crippen LogP contribution in [0.5, 0.6) is 0 Å². The number of aliphatic hydroxyl groups excluding tert-OH is 3. The van der Waals surface area contributed by atoms with E-state index in [0.717, 1.165) is 4.90 Å². The van der Waals surface area contributed by atoms with E-state index < -0.39 is 54.6 Å². The second-order valence-corrected chi connectivity index (χ2v) is 9.79. The molecule has 2 aliphatic rings. The molecule has 2 heterocycles. The molecule has 1 aromatic rings. The summed E-state index contributed by atoms with van der Waals surface area (Å²) in [5, 5.41) is 39.0. The van der Waals surface area contributed by atoms with Crippen molar-refractivity contribution in [1.29, 1.82) is 0 Å². The smallest absolute Gasteiger partial charge is 0.335 e. The Kier molecular flexibility index (Phi) is 8.65. The number of nitrogens with zero attached hydrogens (tertiary/aromatic N) is 1. The average molecular weight is 502 g/mol. The SMILES string of the molecule is C[C@H](CS)C(=O)N1C[C@@H](Sc2ccccc2)C[C@H]1C(=O)O[C@H]1OC(C(=O)O)[C@H](O)[C@@H](O)[C@H]1O. The Hall–Kier alpha value is -1.83. The molecule has 4 N–H and O–H groups in total. The van der Waals surface area contributed by atoms with E-state index in [0.29, 0.717) is 0 Å². The van der Waals surface area contributed by atoms with Crippen LogP contribution in [0.4, 0.5) is 0 Å². The molecule has 2 fully saturated rings. The third-order valence-corrected chi connectivity index (χ3v) is 7.37. The van der Waals surface area contributed by atoms with Crippen LogP contribution >= 0.6 is 24.4 Å².